The molecule has 2 aromatic carbocycles. The largest absolute Gasteiger partial charge is 0.296 e. The van der Waals surface area contributed by atoms with Crippen LogP contribution in [0, 0.1) is 0 Å². The second kappa shape index (κ2) is 4.11. The molecule has 4 heteroatoms. The molecule has 112 valence electrons. The molecule has 0 unspecified atom stereocenters. The number of para-hydroxylation sites is 3. The van der Waals surface area contributed by atoms with Crippen molar-refractivity contribution in [2.75, 3.05) is 0 Å². The Bertz CT molecular complexity index is 1410. The van der Waals surface area contributed by atoms with Crippen molar-refractivity contribution >= 4 is 44.3 Å². The van der Waals surface area contributed by atoms with Gasteiger partial charge in [0.15, 0.2) is 5.65 Å². The van der Waals surface area contributed by atoms with Crippen LogP contribution in [-0.2, 0) is 0 Å². The van der Waals surface area contributed by atoms with Gasteiger partial charge in [-0.3, -0.25) is 8.80 Å². The highest BCUT2D eigenvalue weighted by molar-refractivity contribution is 6.11. The van der Waals surface area contributed by atoms with E-state index in [-0.39, 0.29) is 0 Å². The molecule has 6 rings (SSSR count). The van der Waals surface area contributed by atoms with Crippen LogP contribution >= 0.6 is 0 Å². The number of rotatable bonds is 0. The van der Waals surface area contributed by atoms with Crippen LogP contribution in [0.3, 0.4) is 0 Å². The maximum atomic E-state index is 4.92. The van der Waals surface area contributed by atoms with E-state index in [4.69, 9.17) is 9.97 Å². The van der Waals surface area contributed by atoms with Crippen molar-refractivity contribution in [2.45, 2.75) is 0 Å². The molecular weight excluding hydrogens is 296 g/mol. The van der Waals surface area contributed by atoms with Crippen LogP contribution in [0.5, 0.6) is 0 Å². The quantitative estimate of drug-likeness (QED) is 0.416. The third-order valence-corrected chi connectivity index (χ3v) is 4.70. The second-order valence-corrected chi connectivity index (χ2v) is 6.01. The highest BCUT2D eigenvalue weighted by atomic mass is 15.1. The Kier molecular flexibility index (Phi) is 2.07. The molecule has 0 aliphatic heterocycles. The smallest absolute Gasteiger partial charge is 0.165 e. The van der Waals surface area contributed by atoms with E-state index in [1.807, 2.05) is 24.3 Å². The van der Waals surface area contributed by atoms with Crippen molar-refractivity contribution in [1.29, 1.82) is 0 Å². The fraction of sp³-hybridized carbons (Fsp3) is 0. The van der Waals surface area contributed by atoms with E-state index in [1.165, 1.54) is 0 Å². The van der Waals surface area contributed by atoms with Gasteiger partial charge >= 0.3 is 0 Å². The van der Waals surface area contributed by atoms with Gasteiger partial charge in [-0.15, -0.1) is 0 Å². The van der Waals surface area contributed by atoms with Crippen LogP contribution in [0.1, 0.15) is 0 Å². The van der Waals surface area contributed by atoms with Crippen molar-refractivity contribution in [3.63, 3.8) is 0 Å². The Morgan fingerprint density at radius 2 is 1.50 bits per heavy atom. The standard InChI is InChI=1S/C20H12N4/c1-3-9-15-13(7-1)18-19(23-12-6-5-11-17(23)22-18)20-21-14-8-2-4-10-16(14)24(15)20/h1-12H. The second-order valence-electron chi connectivity index (χ2n) is 6.01. The fourth-order valence-electron chi connectivity index (χ4n) is 3.69. The number of benzene rings is 2. The molecule has 4 aromatic heterocycles. The Morgan fingerprint density at radius 1 is 0.708 bits per heavy atom. The molecule has 0 radical (unpaired) electrons. The summed E-state index contributed by atoms with van der Waals surface area (Å²) >= 11 is 0. The van der Waals surface area contributed by atoms with E-state index in [0.29, 0.717) is 0 Å². The summed E-state index contributed by atoms with van der Waals surface area (Å²) < 4.78 is 4.37. The van der Waals surface area contributed by atoms with Gasteiger partial charge in [0.1, 0.15) is 16.7 Å². The van der Waals surface area contributed by atoms with E-state index in [0.717, 1.165) is 44.3 Å². The van der Waals surface area contributed by atoms with Crippen molar-refractivity contribution in [2.24, 2.45) is 0 Å². The predicted octanol–water partition coefficient (Wildman–Crippen LogP) is 4.44. The topological polar surface area (TPSA) is 34.6 Å². The summed E-state index contributed by atoms with van der Waals surface area (Å²) in [6.07, 6.45) is 2.05. The average molecular weight is 308 g/mol. The Morgan fingerprint density at radius 3 is 2.46 bits per heavy atom. The third kappa shape index (κ3) is 1.34. The van der Waals surface area contributed by atoms with Crippen LogP contribution in [0.4, 0.5) is 0 Å². The summed E-state index contributed by atoms with van der Waals surface area (Å²) in [5.41, 5.74) is 7.20. The van der Waals surface area contributed by atoms with Gasteiger partial charge in [-0.1, -0.05) is 36.4 Å². The Balaban J connectivity index is 2.08. The molecule has 0 N–H and O–H groups in total. The first-order chi connectivity index (χ1) is 11.9. The van der Waals surface area contributed by atoms with Gasteiger partial charge < -0.3 is 0 Å². The van der Waals surface area contributed by atoms with E-state index in [1.54, 1.807) is 0 Å². The molecule has 0 aliphatic rings. The summed E-state index contributed by atoms with van der Waals surface area (Å²) in [5.74, 6) is 0. The molecule has 0 fully saturated rings. The first-order valence-corrected chi connectivity index (χ1v) is 7.96. The molecule has 24 heavy (non-hydrogen) atoms. The lowest BCUT2D eigenvalue weighted by Crippen LogP contribution is -1.92. The number of hydrogen-bond donors (Lipinski definition) is 0. The third-order valence-electron chi connectivity index (χ3n) is 4.70. The molecular formula is C20H12N4. The lowest BCUT2D eigenvalue weighted by molar-refractivity contribution is 1.21. The minimum atomic E-state index is 0.942. The van der Waals surface area contributed by atoms with Crippen molar-refractivity contribution in [3.05, 3.63) is 72.9 Å². The molecule has 0 spiro atoms. The normalized spacial score (nSPS) is 12.2. The van der Waals surface area contributed by atoms with E-state index < -0.39 is 0 Å². The van der Waals surface area contributed by atoms with Crippen LogP contribution in [0.25, 0.3) is 44.3 Å². The molecule has 4 heterocycles. The average Bonchev–Trinajstić information content (AvgIpc) is 3.20. The molecule has 0 amide bonds. The Hall–Kier alpha value is -3.40. The van der Waals surface area contributed by atoms with Crippen LogP contribution in [0.15, 0.2) is 72.9 Å². The lowest BCUT2D eigenvalue weighted by atomic mass is 10.2. The fourth-order valence-corrected chi connectivity index (χ4v) is 3.69. The van der Waals surface area contributed by atoms with Crippen molar-refractivity contribution in [3.8, 4) is 0 Å². The zero-order chi connectivity index (χ0) is 15.7. The maximum absolute atomic E-state index is 4.92. The molecule has 4 nitrogen and oxygen atoms in total. The summed E-state index contributed by atoms with van der Waals surface area (Å²) in [7, 11) is 0. The highest BCUT2D eigenvalue weighted by Crippen LogP contribution is 2.32. The first kappa shape index (κ1) is 12.1. The summed E-state index contributed by atoms with van der Waals surface area (Å²) in [6, 6.07) is 22.8. The summed E-state index contributed by atoms with van der Waals surface area (Å²) in [5, 5.41) is 1.15. The number of imidazole rings is 2. The van der Waals surface area contributed by atoms with Crippen LogP contribution in [0.2, 0.25) is 0 Å². The molecule has 0 saturated carbocycles. The van der Waals surface area contributed by atoms with Crippen LogP contribution < -0.4 is 0 Å². The van der Waals surface area contributed by atoms with Crippen LogP contribution in [-0.4, -0.2) is 18.8 Å². The van der Waals surface area contributed by atoms with Gasteiger partial charge in [-0.25, -0.2) is 9.97 Å². The number of pyridine rings is 2. The zero-order valence-electron chi connectivity index (χ0n) is 12.7. The van der Waals surface area contributed by atoms with Gasteiger partial charge in [0.25, 0.3) is 0 Å². The van der Waals surface area contributed by atoms with Gasteiger partial charge in [0.05, 0.1) is 16.6 Å². The van der Waals surface area contributed by atoms with Gasteiger partial charge in [-0.2, -0.15) is 0 Å². The zero-order valence-corrected chi connectivity index (χ0v) is 12.7. The maximum Gasteiger partial charge on any atom is 0.165 e. The predicted molar refractivity (Wildman–Crippen MR) is 96.5 cm³/mol. The number of aromatic nitrogens is 4. The summed E-state index contributed by atoms with van der Waals surface area (Å²) in [6.45, 7) is 0. The molecule has 0 atom stereocenters. The van der Waals surface area contributed by atoms with Crippen molar-refractivity contribution in [1.82, 2.24) is 18.8 Å². The molecule has 0 bridgehead atoms. The first-order valence-electron chi connectivity index (χ1n) is 7.96. The van der Waals surface area contributed by atoms with Gasteiger partial charge in [-0.05, 0) is 30.3 Å². The highest BCUT2D eigenvalue weighted by Gasteiger charge is 2.17. The summed E-state index contributed by atoms with van der Waals surface area (Å²) in [4.78, 5) is 9.79. The van der Waals surface area contributed by atoms with E-state index in [2.05, 4.69) is 57.5 Å². The minimum absolute atomic E-state index is 0.942. The molecule has 0 saturated heterocycles. The lowest BCUT2D eigenvalue weighted by Gasteiger charge is -2.05. The SMILES string of the molecule is c1ccc2c(c1)nc1c3c(nc4ccccn43)c3ccccc3n21. The molecule has 0 aliphatic carbocycles. The van der Waals surface area contributed by atoms with E-state index >= 15 is 0 Å². The van der Waals surface area contributed by atoms with E-state index in [9.17, 15) is 0 Å². The minimum Gasteiger partial charge on any atom is -0.296 e. The van der Waals surface area contributed by atoms with Gasteiger partial charge in [0, 0.05) is 11.6 Å². The number of hydrogen-bond acceptors (Lipinski definition) is 2. The van der Waals surface area contributed by atoms with Gasteiger partial charge in [0.2, 0.25) is 0 Å². The molecule has 6 aromatic rings. The monoisotopic (exact) mass is 308 g/mol. The Labute approximate surface area is 136 Å². The van der Waals surface area contributed by atoms with Crippen molar-refractivity contribution < 1.29 is 0 Å². The number of nitrogens with zero attached hydrogens (tertiary/aromatic N) is 4. The number of fused-ring (bicyclic) bond motifs is 10.